The maximum Gasteiger partial charge on any atom is 0.240 e. The molecule has 0 bridgehead atoms. The zero-order chi connectivity index (χ0) is 18.5. The highest BCUT2D eigenvalue weighted by atomic mass is 32.2. The average molecular weight is 370 g/mol. The Labute approximate surface area is 155 Å². The Hall–Kier alpha value is -2.67. The Bertz CT molecular complexity index is 884. The lowest BCUT2D eigenvalue weighted by molar-refractivity contribution is -0.117. The van der Waals surface area contributed by atoms with Crippen LogP contribution >= 0.6 is 11.8 Å². The van der Waals surface area contributed by atoms with Crippen LogP contribution in [0.3, 0.4) is 0 Å². The average Bonchev–Trinajstić information content (AvgIpc) is 3.11. The SMILES string of the molecule is CCN(C(=O)[C@H](C)Sc1n[nH]c(-c2ccccc2F)n1)c1ccccc1. The molecule has 1 aromatic heterocycles. The number of aromatic nitrogens is 3. The lowest BCUT2D eigenvalue weighted by Gasteiger charge is -2.23. The predicted octanol–water partition coefficient (Wildman–Crippen LogP) is 4.14. The first-order valence-corrected chi connectivity index (χ1v) is 9.18. The number of hydrogen-bond donors (Lipinski definition) is 1. The van der Waals surface area contributed by atoms with E-state index in [4.69, 9.17) is 0 Å². The number of halogens is 1. The van der Waals surface area contributed by atoms with E-state index < -0.39 is 0 Å². The molecule has 5 nitrogen and oxygen atoms in total. The van der Waals surface area contributed by atoms with E-state index in [-0.39, 0.29) is 17.0 Å². The normalized spacial score (nSPS) is 12.0. The summed E-state index contributed by atoms with van der Waals surface area (Å²) >= 11 is 1.24. The van der Waals surface area contributed by atoms with Crippen LogP contribution in [0.1, 0.15) is 13.8 Å². The first-order chi connectivity index (χ1) is 12.6. The molecule has 3 aromatic rings. The van der Waals surface area contributed by atoms with Crippen molar-refractivity contribution in [1.29, 1.82) is 0 Å². The Morgan fingerprint density at radius 2 is 1.88 bits per heavy atom. The zero-order valence-corrected chi connectivity index (χ0v) is 15.3. The highest BCUT2D eigenvalue weighted by molar-refractivity contribution is 8.00. The summed E-state index contributed by atoms with van der Waals surface area (Å²) in [5.41, 5.74) is 1.21. The number of anilines is 1. The number of thioether (sulfide) groups is 1. The number of H-pyrrole nitrogens is 1. The molecular weight excluding hydrogens is 351 g/mol. The third-order valence-corrected chi connectivity index (χ3v) is 4.82. The van der Waals surface area contributed by atoms with Gasteiger partial charge in [-0.25, -0.2) is 9.37 Å². The molecule has 0 unspecified atom stereocenters. The van der Waals surface area contributed by atoms with Gasteiger partial charge in [0.1, 0.15) is 5.82 Å². The molecule has 0 spiro atoms. The van der Waals surface area contributed by atoms with Crippen molar-refractivity contribution >= 4 is 23.4 Å². The Kier molecular flexibility index (Phi) is 5.68. The standard InChI is InChI=1S/C19H19FN4OS/c1-3-24(14-9-5-4-6-10-14)18(25)13(2)26-19-21-17(22-23-19)15-11-7-8-12-16(15)20/h4-13H,3H2,1-2H3,(H,21,22,23)/t13-/m0/s1. The van der Waals surface area contributed by atoms with Crippen molar-refractivity contribution in [3.63, 3.8) is 0 Å². The number of hydrogen-bond acceptors (Lipinski definition) is 4. The summed E-state index contributed by atoms with van der Waals surface area (Å²) in [6.45, 7) is 4.32. The molecular formula is C19H19FN4OS. The van der Waals surface area contributed by atoms with E-state index in [9.17, 15) is 9.18 Å². The molecule has 1 amide bonds. The molecule has 26 heavy (non-hydrogen) atoms. The number of rotatable bonds is 6. The molecule has 1 heterocycles. The fraction of sp³-hybridized carbons (Fsp3) is 0.211. The minimum absolute atomic E-state index is 0.0269. The van der Waals surface area contributed by atoms with Crippen LogP contribution < -0.4 is 4.90 Å². The van der Waals surface area contributed by atoms with Crippen molar-refractivity contribution in [3.05, 3.63) is 60.4 Å². The van der Waals surface area contributed by atoms with Gasteiger partial charge in [-0.3, -0.25) is 9.89 Å². The molecule has 0 aliphatic carbocycles. The second kappa shape index (κ2) is 8.14. The zero-order valence-electron chi connectivity index (χ0n) is 14.5. The number of carbonyl (C=O) groups is 1. The number of amides is 1. The predicted molar refractivity (Wildman–Crippen MR) is 102 cm³/mol. The van der Waals surface area contributed by atoms with Crippen molar-refractivity contribution in [2.75, 3.05) is 11.4 Å². The Morgan fingerprint density at radius 1 is 1.19 bits per heavy atom. The molecule has 3 rings (SSSR count). The first-order valence-electron chi connectivity index (χ1n) is 8.30. The Balaban J connectivity index is 1.73. The van der Waals surface area contributed by atoms with Crippen molar-refractivity contribution in [2.45, 2.75) is 24.3 Å². The van der Waals surface area contributed by atoms with Crippen molar-refractivity contribution < 1.29 is 9.18 Å². The van der Waals surface area contributed by atoms with Crippen LogP contribution in [0.15, 0.2) is 59.8 Å². The summed E-state index contributed by atoms with van der Waals surface area (Å²) in [6.07, 6.45) is 0. The maximum absolute atomic E-state index is 13.9. The molecule has 1 atom stereocenters. The number of para-hydroxylation sites is 1. The van der Waals surface area contributed by atoms with E-state index >= 15 is 0 Å². The van der Waals surface area contributed by atoms with Crippen molar-refractivity contribution in [3.8, 4) is 11.4 Å². The summed E-state index contributed by atoms with van der Waals surface area (Å²) in [4.78, 5) is 18.8. The highest BCUT2D eigenvalue weighted by Crippen LogP contribution is 2.26. The molecule has 0 saturated carbocycles. The number of nitrogens with zero attached hydrogens (tertiary/aromatic N) is 3. The minimum Gasteiger partial charge on any atom is -0.312 e. The molecule has 0 fully saturated rings. The van der Waals surface area contributed by atoms with Gasteiger partial charge in [0, 0.05) is 12.2 Å². The van der Waals surface area contributed by atoms with Crippen LogP contribution in [0.25, 0.3) is 11.4 Å². The molecule has 0 saturated heterocycles. The van der Waals surface area contributed by atoms with E-state index in [0.717, 1.165) is 5.69 Å². The smallest absolute Gasteiger partial charge is 0.240 e. The van der Waals surface area contributed by atoms with Crippen LogP contribution in [0.4, 0.5) is 10.1 Å². The second-order valence-corrected chi connectivity index (χ2v) is 6.93. The van der Waals surface area contributed by atoms with E-state index in [2.05, 4.69) is 15.2 Å². The highest BCUT2D eigenvalue weighted by Gasteiger charge is 2.23. The summed E-state index contributed by atoms with van der Waals surface area (Å²) in [5.74, 6) is -0.0489. The van der Waals surface area contributed by atoms with Crippen molar-refractivity contribution in [2.24, 2.45) is 0 Å². The number of nitrogens with one attached hydrogen (secondary N) is 1. The summed E-state index contributed by atoms with van der Waals surface area (Å²) in [5, 5.41) is 6.87. The van der Waals surface area contributed by atoms with E-state index in [1.807, 2.05) is 44.2 Å². The van der Waals surface area contributed by atoms with Gasteiger partial charge < -0.3 is 4.90 Å². The van der Waals surface area contributed by atoms with Gasteiger partial charge in [0.25, 0.3) is 0 Å². The van der Waals surface area contributed by atoms with Crippen LogP contribution in [0, 0.1) is 5.82 Å². The van der Waals surface area contributed by atoms with E-state index in [1.165, 1.54) is 17.8 Å². The van der Waals surface area contributed by atoms with E-state index in [0.29, 0.717) is 23.1 Å². The van der Waals surface area contributed by atoms with Crippen molar-refractivity contribution in [1.82, 2.24) is 15.2 Å². The van der Waals surface area contributed by atoms with Gasteiger partial charge in [0.2, 0.25) is 11.1 Å². The topological polar surface area (TPSA) is 61.9 Å². The molecule has 134 valence electrons. The third-order valence-electron chi connectivity index (χ3n) is 3.87. The molecule has 1 N–H and O–H groups in total. The monoisotopic (exact) mass is 370 g/mol. The summed E-state index contributed by atoms with van der Waals surface area (Å²) in [6, 6.07) is 15.9. The van der Waals surface area contributed by atoms with Crippen LogP contribution in [0.2, 0.25) is 0 Å². The molecule has 0 aliphatic rings. The number of aromatic amines is 1. The van der Waals surface area contributed by atoms with Gasteiger partial charge in [-0.1, -0.05) is 42.1 Å². The number of carbonyl (C=O) groups excluding carboxylic acids is 1. The Morgan fingerprint density at radius 3 is 2.58 bits per heavy atom. The molecule has 2 aromatic carbocycles. The third kappa shape index (κ3) is 3.94. The first kappa shape index (κ1) is 18.1. The summed E-state index contributed by atoms with van der Waals surface area (Å²) < 4.78 is 13.9. The fourth-order valence-electron chi connectivity index (χ4n) is 2.57. The van der Waals surface area contributed by atoms with Gasteiger partial charge >= 0.3 is 0 Å². The molecule has 7 heteroatoms. The number of benzene rings is 2. The largest absolute Gasteiger partial charge is 0.312 e. The van der Waals surface area contributed by atoms with E-state index in [1.54, 1.807) is 23.1 Å². The van der Waals surface area contributed by atoms with Gasteiger partial charge in [-0.05, 0) is 38.1 Å². The van der Waals surface area contributed by atoms with Gasteiger partial charge in [0.15, 0.2) is 5.82 Å². The maximum atomic E-state index is 13.9. The lowest BCUT2D eigenvalue weighted by Crippen LogP contribution is -2.36. The lowest BCUT2D eigenvalue weighted by atomic mass is 10.2. The van der Waals surface area contributed by atoms with Crippen LogP contribution in [-0.4, -0.2) is 32.9 Å². The van der Waals surface area contributed by atoms with Crippen LogP contribution in [0.5, 0.6) is 0 Å². The van der Waals surface area contributed by atoms with Crippen LogP contribution in [-0.2, 0) is 4.79 Å². The summed E-state index contributed by atoms with van der Waals surface area (Å²) in [7, 11) is 0. The second-order valence-electron chi connectivity index (χ2n) is 5.62. The van der Waals surface area contributed by atoms with Gasteiger partial charge in [-0.15, -0.1) is 5.10 Å². The van der Waals surface area contributed by atoms with Gasteiger partial charge in [0.05, 0.1) is 10.8 Å². The molecule has 0 aliphatic heterocycles. The fourth-order valence-corrected chi connectivity index (χ4v) is 3.36. The minimum atomic E-state index is -0.376. The van der Waals surface area contributed by atoms with Gasteiger partial charge in [-0.2, -0.15) is 0 Å². The molecule has 0 radical (unpaired) electrons. The quantitative estimate of drug-likeness (QED) is 0.662.